The molecule has 1 amide bonds. The lowest BCUT2D eigenvalue weighted by atomic mass is 10.1. The van der Waals surface area contributed by atoms with Gasteiger partial charge in [-0.25, -0.2) is 19.2 Å². The molecule has 2 atom stereocenters. The van der Waals surface area contributed by atoms with Gasteiger partial charge in [0.25, 0.3) is 0 Å². The van der Waals surface area contributed by atoms with E-state index >= 15 is 0 Å². The molecule has 0 saturated carbocycles. The van der Waals surface area contributed by atoms with Gasteiger partial charge in [0.05, 0.1) is 10.9 Å². The first-order valence-electron chi connectivity index (χ1n) is 11.2. The number of carbonyl (C=O) groups excluding carboxylic acids is 1. The van der Waals surface area contributed by atoms with E-state index in [2.05, 4.69) is 9.97 Å². The van der Waals surface area contributed by atoms with Crippen molar-refractivity contribution in [1.82, 2.24) is 19.4 Å². The van der Waals surface area contributed by atoms with Crippen molar-refractivity contribution < 1.29 is 27.1 Å². The molecule has 35 heavy (non-hydrogen) atoms. The van der Waals surface area contributed by atoms with Crippen LogP contribution in [0, 0.1) is 5.82 Å². The predicted molar refractivity (Wildman–Crippen MR) is 123 cm³/mol. The second-order valence-corrected chi connectivity index (χ2v) is 9.77. The van der Waals surface area contributed by atoms with Crippen LogP contribution < -0.4 is 4.90 Å². The first-order chi connectivity index (χ1) is 16.3. The Hall–Kier alpha value is -3.37. The number of rotatable bonds is 2. The fourth-order valence-electron chi connectivity index (χ4n) is 4.30. The minimum Gasteiger partial charge on any atom is -0.444 e. The van der Waals surface area contributed by atoms with Gasteiger partial charge in [0, 0.05) is 37.1 Å². The topological polar surface area (TPSA) is 63.5 Å². The van der Waals surface area contributed by atoms with Crippen LogP contribution in [0.4, 0.5) is 28.2 Å². The molecule has 7 nitrogen and oxygen atoms in total. The lowest BCUT2D eigenvalue weighted by Crippen LogP contribution is -2.59. The number of amides is 1. The van der Waals surface area contributed by atoms with E-state index in [0.29, 0.717) is 0 Å². The number of benzene rings is 1. The number of hydrogen-bond acceptors (Lipinski definition) is 5. The molecule has 2 aromatic heterocycles. The molecule has 1 aromatic carbocycles. The minimum absolute atomic E-state index is 0.0161. The second-order valence-electron chi connectivity index (χ2n) is 9.77. The summed E-state index contributed by atoms with van der Waals surface area (Å²) in [7, 11) is 0. The van der Waals surface area contributed by atoms with Crippen LogP contribution in [0.15, 0.2) is 36.8 Å². The van der Waals surface area contributed by atoms with Gasteiger partial charge in [0.1, 0.15) is 23.6 Å². The largest absolute Gasteiger partial charge is 0.444 e. The summed E-state index contributed by atoms with van der Waals surface area (Å²) in [5, 5.41) is -0.172. The molecule has 1 aliphatic heterocycles. The molecule has 0 radical (unpaired) electrons. The Kier molecular flexibility index (Phi) is 6.14. The summed E-state index contributed by atoms with van der Waals surface area (Å²) in [5.74, 6) is -0.464. The van der Waals surface area contributed by atoms with Crippen molar-refractivity contribution in [3.05, 3.63) is 48.2 Å². The maximum atomic E-state index is 14.1. The fraction of sp³-hybridized carbons (Fsp3) is 0.458. The van der Waals surface area contributed by atoms with E-state index in [1.807, 2.05) is 13.8 Å². The van der Waals surface area contributed by atoms with Crippen molar-refractivity contribution >= 4 is 22.9 Å². The van der Waals surface area contributed by atoms with Crippen LogP contribution in [0.2, 0.25) is 0 Å². The number of anilines is 1. The second kappa shape index (κ2) is 8.69. The molecule has 0 aliphatic carbocycles. The number of carbonyl (C=O) groups is 1. The van der Waals surface area contributed by atoms with Crippen LogP contribution in [0.1, 0.15) is 40.2 Å². The van der Waals surface area contributed by atoms with Crippen molar-refractivity contribution in [3.63, 3.8) is 0 Å². The Bertz CT molecular complexity index is 1250. The van der Waals surface area contributed by atoms with Crippen molar-refractivity contribution in [2.75, 3.05) is 18.0 Å². The number of fused-ring (bicyclic) bond motifs is 1. The standard InChI is InChI=1S/C24H27F4N5O2/c1-14-11-32(22(34)35-23(3,4)5)15(2)10-31(14)20-19-18(24(26,27)28)12-33(21(19)30-13-29-20)17-8-6-7-16(25)9-17/h6-9,12-15H,10-11H2,1-5H3/t14-,15+/m0/s1. The molecule has 11 heteroatoms. The molecular formula is C24H27F4N5O2. The number of hydrogen-bond donors (Lipinski definition) is 0. The highest BCUT2D eigenvalue weighted by Gasteiger charge is 2.40. The molecule has 3 aromatic rings. The Morgan fingerprint density at radius 3 is 2.43 bits per heavy atom. The Balaban J connectivity index is 1.78. The van der Waals surface area contributed by atoms with E-state index < -0.39 is 29.3 Å². The summed E-state index contributed by atoms with van der Waals surface area (Å²) in [6.07, 6.45) is -3.05. The molecular weight excluding hydrogens is 466 g/mol. The zero-order valence-corrected chi connectivity index (χ0v) is 20.1. The van der Waals surface area contributed by atoms with E-state index in [1.54, 1.807) is 30.6 Å². The molecule has 1 fully saturated rings. The molecule has 188 valence electrons. The highest BCUT2D eigenvalue weighted by atomic mass is 19.4. The van der Waals surface area contributed by atoms with E-state index in [-0.39, 0.29) is 47.7 Å². The monoisotopic (exact) mass is 493 g/mol. The van der Waals surface area contributed by atoms with Gasteiger partial charge in [-0.2, -0.15) is 13.2 Å². The average Bonchev–Trinajstić information content (AvgIpc) is 3.14. The van der Waals surface area contributed by atoms with Gasteiger partial charge in [-0.1, -0.05) is 6.07 Å². The first kappa shape index (κ1) is 24.7. The fourth-order valence-corrected chi connectivity index (χ4v) is 4.30. The summed E-state index contributed by atoms with van der Waals surface area (Å²) < 4.78 is 63.0. The number of halogens is 4. The predicted octanol–water partition coefficient (Wildman–Crippen LogP) is 5.41. The maximum Gasteiger partial charge on any atom is 0.418 e. The third-order valence-corrected chi connectivity index (χ3v) is 5.84. The lowest BCUT2D eigenvalue weighted by Gasteiger charge is -2.44. The van der Waals surface area contributed by atoms with Gasteiger partial charge in [0.15, 0.2) is 5.65 Å². The lowest BCUT2D eigenvalue weighted by molar-refractivity contribution is -0.136. The normalized spacial score (nSPS) is 19.3. The molecule has 0 N–H and O–H groups in total. The molecule has 1 saturated heterocycles. The molecule has 0 bridgehead atoms. The zero-order chi connectivity index (χ0) is 25.7. The average molecular weight is 494 g/mol. The third-order valence-electron chi connectivity index (χ3n) is 5.84. The third kappa shape index (κ3) is 4.89. The van der Waals surface area contributed by atoms with Crippen LogP contribution in [-0.2, 0) is 10.9 Å². The van der Waals surface area contributed by atoms with Crippen molar-refractivity contribution in [2.45, 2.75) is 58.5 Å². The number of alkyl halides is 3. The summed E-state index contributed by atoms with van der Waals surface area (Å²) in [6, 6.07) is 4.60. The quantitative estimate of drug-likeness (QED) is 0.447. The smallest absolute Gasteiger partial charge is 0.418 e. The van der Waals surface area contributed by atoms with E-state index in [0.717, 1.165) is 12.3 Å². The van der Waals surface area contributed by atoms with Gasteiger partial charge >= 0.3 is 12.3 Å². The Morgan fingerprint density at radius 1 is 1.09 bits per heavy atom. The van der Waals surface area contributed by atoms with Gasteiger partial charge in [-0.15, -0.1) is 0 Å². The first-order valence-corrected chi connectivity index (χ1v) is 11.2. The van der Waals surface area contributed by atoms with Gasteiger partial charge in [0.2, 0.25) is 0 Å². The Labute approximate surface area is 200 Å². The van der Waals surface area contributed by atoms with Gasteiger partial charge in [-0.05, 0) is 52.8 Å². The van der Waals surface area contributed by atoms with Crippen LogP contribution >= 0.6 is 0 Å². The molecule has 1 aliphatic rings. The van der Waals surface area contributed by atoms with E-state index in [4.69, 9.17) is 4.74 Å². The summed E-state index contributed by atoms with van der Waals surface area (Å²) in [6.45, 7) is 9.43. The number of piperazine rings is 1. The summed E-state index contributed by atoms with van der Waals surface area (Å²) in [4.78, 5) is 24.4. The SMILES string of the molecule is C[C@@H]1CN(c2ncnc3c2c(C(F)(F)F)cn3-c2cccc(F)c2)[C@@H](C)CN1C(=O)OC(C)(C)C. The van der Waals surface area contributed by atoms with E-state index in [1.165, 1.54) is 29.1 Å². The summed E-state index contributed by atoms with van der Waals surface area (Å²) in [5.41, 5.74) is -1.35. The molecule has 4 rings (SSSR count). The Morgan fingerprint density at radius 2 is 1.80 bits per heavy atom. The summed E-state index contributed by atoms with van der Waals surface area (Å²) >= 11 is 0. The number of ether oxygens (including phenoxy) is 1. The van der Waals surface area contributed by atoms with Gasteiger partial charge < -0.3 is 19.1 Å². The van der Waals surface area contributed by atoms with Crippen LogP contribution in [0.25, 0.3) is 16.7 Å². The van der Waals surface area contributed by atoms with E-state index in [9.17, 15) is 22.4 Å². The van der Waals surface area contributed by atoms with Crippen LogP contribution in [0.5, 0.6) is 0 Å². The minimum atomic E-state index is -4.69. The molecule has 0 unspecified atom stereocenters. The van der Waals surface area contributed by atoms with Gasteiger partial charge in [-0.3, -0.25) is 0 Å². The highest BCUT2D eigenvalue weighted by Crippen LogP contribution is 2.41. The maximum absolute atomic E-state index is 14.1. The van der Waals surface area contributed by atoms with Crippen molar-refractivity contribution in [2.24, 2.45) is 0 Å². The molecule has 0 spiro atoms. The zero-order valence-electron chi connectivity index (χ0n) is 20.1. The van der Waals surface area contributed by atoms with Crippen molar-refractivity contribution in [3.8, 4) is 5.69 Å². The van der Waals surface area contributed by atoms with Crippen LogP contribution in [-0.4, -0.2) is 56.3 Å². The van der Waals surface area contributed by atoms with Crippen LogP contribution in [0.3, 0.4) is 0 Å². The molecule has 3 heterocycles. The van der Waals surface area contributed by atoms with Crippen molar-refractivity contribution in [1.29, 1.82) is 0 Å². The number of nitrogens with zero attached hydrogens (tertiary/aromatic N) is 5. The highest BCUT2D eigenvalue weighted by molar-refractivity contribution is 5.93. The number of aromatic nitrogens is 3.